The normalized spacial score (nSPS) is 23.4. The third-order valence-corrected chi connectivity index (χ3v) is 8.41. The largest absolute Gasteiger partial charge is 0.325 e. The molecule has 9 nitrogen and oxygen atoms in total. The Morgan fingerprint density at radius 3 is 2.52 bits per heavy atom. The number of hydrogen-bond acceptors (Lipinski definition) is 5. The van der Waals surface area contributed by atoms with Crippen LogP contribution < -0.4 is 10.2 Å². The molecule has 0 aliphatic carbocycles. The average molecular weight is 449 g/mol. The van der Waals surface area contributed by atoms with Gasteiger partial charge in [-0.25, -0.2) is 13.2 Å². The van der Waals surface area contributed by atoms with Gasteiger partial charge in [-0.3, -0.25) is 14.5 Å². The summed E-state index contributed by atoms with van der Waals surface area (Å²) < 4.78 is 27.9. The van der Waals surface area contributed by atoms with Crippen LogP contribution in [0.25, 0.3) is 0 Å². The van der Waals surface area contributed by atoms with Crippen LogP contribution in [0.5, 0.6) is 0 Å². The van der Waals surface area contributed by atoms with E-state index in [0.29, 0.717) is 19.4 Å². The van der Waals surface area contributed by atoms with Gasteiger partial charge >= 0.3 is 6.03 Å². The Hall–Kier alpha value is -2.46. The highest BCUT2D eigenvalue weighted by molar-refractivity contribution is 7.89. The summed E-state index contributed by atoms with van der Waals surface area (Å²) in [5.41, 5.74) is 0.589. The lowest BCUT2D eigenvalue weighted by Gasteiger charge is -2.36. The molecule has 10 heteroatoms. The molecule has 1 spiro atoms. The SMILES string of the molecule is CCCN1C(=O)NC2(CCN(S(=O)(=O)c3ccc4c(c3)CC(C)N4C(C)=O)CC2)C1=O. The number of amides is 4. The number of hydrogen-bond donors (Lipinski definition) is 1. The topological polar surface area (TPSA) is 107 Å². The minimum atomic E-state index is -3.75. The highest BCUT2D eigenvalue weighted by Gasteiger charge is 2.53. The van der Waals surface area contributed by atoms with Crippen LogP contribution in [-0.2, 0) is 26.0 Å². The van der Waals surface area contributed by atoms with E-state index in [4.69, 9.17) is 0 Å². The number of benzene rings is 1. The first-order valence-electron chi connectivity index (χ1n) is 10.7. The molecule has 1 unspecified atom stereocenters. The van der Waals surface area contributed by atoms with Gasteiger partial charge in [-0.05, 0) is 56.4 Å². The standard InChI is InChI=1S/C21H28N4O5S/c1-4-9-24-19(27)21(22-20(24)28)7-10-23(11-8-21)31(29,30)17-5-6-18-16(13-17)12-14(2)25(18)15(3)26/h5-6,13-14H,4,7-12H2,1-3H3,(H,22,28). The fourth-order valence-corrected chi connectivity index (χ4v) is 6.44. The fourth-order valence-electron chi connectivity index (χ4n) is 4.95. The van der Waals surface area contributed by atoms with Crippen LogP contribution in [0.15, 0.2) is 23.1 Å². The van der Waals surface area contributed by atoms with Crippen LogP contribution in [0.4, 0.5) is 10.5 Å². The molecule has 4 amide bonds. The van der Waals surface area contributed by atoms with E-state index in [0.717, 1.165) is 11.3 Å². The molecule has 1 aromatic rings. The van der Waals surface area contributed by atoms with Crippen molar-refractivity contribution >= 4 is 33.6 Å². The monoisotopic (exact) mass is 448 g/mol. The molecule has 1 aromatic carbocycles. The Morgan fingerprint density at radius 2 is 1.90 bits per heavy atom. The Bertz CT molecular complexity index is 1050. The van der Waals surface area contributed by atoms with Gasteiger partial charge in [-0.15, -0.1) is 0 Å². The fraction of sp³-hybridized carbons (Fsp3) is 0.571. The van der Waals surface area contributed by atoms with Gasteiger partial charge in [0.2, 0.25) is 15.9 Å². The number of rotatable bonds is 4. The van der Waals surface area contributed by atoms with E-state index in [1.165, 1.54) is 22.2 Å². The summed E-state index contributed by atoms with van der Waals surface area (Å²) in [5, 5.41) is 2.80. The number of piperidine rings is 1. The number of fused-ring (bicyclic) bond motifs is 1. The van der Waals surface area contributed by atoms with Crippen molar-refractivity contribution in [2.24, 2.45) is 0 Å². The summed E-state index contributed by atoms with van der Waals surface area (Å²) in [5.74, 6) is -0.323. The average Bonchev–Trinajstić information content (AvgIpc) is 3.16. The van der Waals surface area contributed by atoms with Gasteiger partial charge in [0.1, 0.15) is 5.54 Å². The molecule has 3 aliphatic rings. The van der Waals surface area contributed by atoms with E-state index in [1.807, 2.05) is 13.8 Å². The van der Waals surface area contributed by atoms with Gasteiger partial charge in [-0.2, -0.15) is 4.31 Å². The second kappa shape index (κ2) is 7.59. The molecule has 4 rings (SSSR count). The first kappa shape index (κ1) is 21.8. The summed E-state index contributed by atoms with van der Waals surface area (Å²) in [6.45, 7) is 6.01. The molecule has 31 heavy (non-hydrogen) atoms. The number of sulfonamides is 1. The van der Waals surface area contributed by atoms with E-state index < -0.39 is 21.6 Å². The third kappa shape index (κ3) is 3.41. The number of imide groups is 1. The smallest absolute Gasteiger partial charge is 0.323 e. The molecule has 0 bridgehead atoms. The minimum absolute atomic E-state index is 0.0108. The van der Waals surface area contributed by atoms with Crippen molar-refractivity contribution in [3.05, 3.63) is 23.8 Å². The van der Waals surface area contributed by atoms with Gasteiger partial charge in [0.15, 0.2) is 0 Å². The quantitative estimate of drug-likeness (QED) is 0.702. The van der Waals surface area contributed by atoms with Gasteiger partial charge in [0, 0.05) is 38.3 Å². The van der Waals surface area contributed by atoms with Crippen molar-refractivity contribution in [2.75, 3.05) is 24.5 Å². The van der Waals surface area contributed by atoms with Crippen LogP contribution in [0.3, 0.4) is 0 Å². The van der Waals surface area contributed by atoms with Crippen LogP contribution in [-0.4, -0.2) is 66.7 Å². The number of nitrogens with one attached hydrogen (secondary N) is 1. The molecule has 2 saturated heterocycles. The summed E-state index contributed by atoms with van der Waals surface area (Å²) in [6.07, 6.45) is 1.77. The Morgan fingerprint density at radius 1 is 1.23 bits per heavy atom. The van der Waals surface area contributed by atoms with Gasteiger partial charge in [0.25, 0.3) is 5.91 Å². The number of carbonyl (C=O) groups is 3. The van der Waals surface area contributed by atoms with E-state index in [1.54, 1.807) is 17.0 Å². The van der Waals surface area contributed by atoms with Crippen molar-refractivity contribution in [1.82, 2.24) is 14.5 Å². The zero-order chi connectivity index (χ0) is 22.6. The van der Waals surface area contributed by atoms with Gasteiger partial charge in [0.05, 0.1) is 4.90 Å². The summed E-state index contributed by atoms with van der Waals surface area (Å²) in [6, 6.07) is 4.48. The molecule has 1 atom stereocenters. The summed E-state index contributed by atoms with van der Waals surface area (Å²) >= 11 is 0. The maximum Gasteiger partial charge on any atom is 0.325 e. The second-order valence-electron chi connectivity index (χ2n) is 8.61. The molecule has 3 aliphatic heterocycles. The predicted molar refractivity (Wildman–Crippen MR) is 114 cm³/mol. The molecular formula is C21H28N4O5S. The Balaban J connectivity index is 1.52. The maximum atomic E-state index is 13.3. The van der Waals surface area contributed by atoms with E-state index in [9.17, 15) is 22.8 Å². The first-order valence-corrected chi connectivity index (χ1v) is 12.1. The summed E-state index contributed by atoms with van der Waals surface area (Å²) in [4.78, 5) is 40.0. The zero-order valence-electron chi connectivity index (χ0n) is 18.1. The molecule has 1 N–H and O–H groups in total. The molecule has 0 saturated carbocycles. The zero-order valence-corrected chi connectivity index (χ0v) is 18.9. The Kier molecular flexibility index (Phi) is 5.33. The van der Waals surface area contributed by atoms with Crippen LogP contribution in [0.2, 0.25) is 0 Å². The van der Waals surface area contributed by atoms with E-state index in [2.05, 4.69) is 5.32 Å². The lowest BCUT2D eigenvalue weighted by Crippen LogP contribution is -2.55. The molecule has 3 heterocycles. The van der Waals surface area contributed by atoms with Gasteiger partial charge < -0.3 is 10.2 Å². The number of nitrogens with zero attached hydrogens (tertiary/aromatic N) is 3. The van der Waals surface area contributed by atoms with Crippen molar-refractivity contribution in [3.8, 4) is 0 Å². The molecule has 0 aromatic heterocycles. The third-order valence-electron chi connectivity index (χ3n) is 6.51. The first-order chi connectivity index (χ1) is 14.6. The number of carbonyl (C=O) groups excluding carboxylic acids is 3. The molecule has 168 valence electrons. The van der Waals surface area contributed by atoms with Crippen molar-refractivity contribution in [3.63, 3.8) is 0 Å². The van der Waals surface area contributed by atoms with Gasteiger partial charge in [-0.1, -0.05) is 6.92 Å². The lowest BCUT2D eigenvalue weighted by atomic mass is 9.88. The van der Waals surface area contributed by atoms with Crippen molar-refractivity contribution < 1.29 is 22.8 Å². The molecular weight excluding hydrogens is 420 g/mol. The van der Waals surface area contributed by atoms with Crippen LogP contribution >= 0.6 is 0 Å². The second-order valence-corrected chi connectivity index (χ2v) is 10.5. The molecule has 2 fully saturated rings. The van der Waals surface area contributed by atoms with Crippen LogP contribution in [0.1, 0.15) is 45.6 Å². The highest BCUT2D eigenvalue weighted by atomic mass is 32.2. The van der Waals surface area contributed by atoms with Crippen molar-refractivity contribution in [1.29, 1.82) is 0 Å². The minimum Gasteiger partial charge on any atom is -0.323 e. The molecule has 0 radical (unpaired) electrons. The predicted octanol–water partition coefficient (Wildman–Crippen LogP) is 1.47. The highest BCUT2D eigenvalue weighted by Crippen LogP contribution is 2.36. The van der Waals surface area contributed by atoms with Crippen molar-refractivity contribution in [2.45, 2.75) is 62.9 Å². The van der Waals surface area contributed by atoms with E-state index in [-0.39, 0.29) is 48.7 Å². The Labute approximate surface area is 182 Å². The number of anilines is 1. The summed E-state index contributed by atoms with van der Waals surface area (Å²) in [7, 11) is -3.75. The number of urea groups is 1. The lowest BCUT2D eigenvalue weighted by molar-refractivity contribution is -0.132. The maximum absolute atomic E-state index is 13.3. The van der Waals surface area contributed by atoms with Crippen LogP contribution in [0, 0.1) is 0 Å². The van der Waals surface area contributed by atoms with E-state index >= 15 is 0 Å².